The molecule has 4 rings (SSSR count). The molecule has 0 aromatic rings. The van der Waals surface area contributed by atoms with Crippen molar-refractivity contribution in [3.8, 4) is 0 Å². The van der Waals surface area contributed by atoms with Gasteiger partial charge in [-0.2, -0.15) is 0 Å². The minimum atomic E-state index is -0.816. The summed E-state index contributed by atoms with van der Waals surface area (Å²) in [5, 5.41) is 2.90. The number of hydrogen-bond acceptors (Lipinski definition) is 11. The number of hydrogen-bond donors (Lipinski definition) is 2. The molecule has 0 aromatic heterocycles. The van der Waals surface area contributed by atoms with Crippen molar-refractivity contribution < 1.29 is 47.5 Å². The van der Waals surface area contributed by atoms with Gasteiger partial charge in [0, 0.05) is 33.1 Å². The molecule has 4 heterocycles. The molecule has 0 spiro atoms. The van der Waals surface area contributed by atoms with Crippen molar-refractivity contribution in [3.05, 3.63) is 0 Å². The Morgan fingerprint density at radius 1 is 0.857 bits per heavy atom. The molecule has 0 aromatic carbocycles. The van der Waals surface area contributed by atoms with Crippen LogP contribution in [0.3, 0.4) is 0 Å². The van der Waals surface area contributed by atoms with E-state index < -0.39 is 72.9 Å². The van der Waals surface area contributed by atoms with Gasteiger partial charge in [-0.15, -0.1) is 0 Å². The lowest BCUT2D eigenvalue weighted by Crippen LogP contribution is -2.53. The average Bonchev–Trinajstić information content (AvgIpc) is 3.40. The van der Waals surface area contributed by atoms with E-state index in [4.69, 9.17) is 43.6 Å². The predicted octanol–water partition coefficient (Wildman–Crippen LogP) is -0.0495. The SMILES string of the molecule is CO[C@@H]1[C@H]2OC(C)(C)O[C@H]2O[C@@H]1C(N)CC(=O)NC(CC(C)=O)[C@H]1O[C@@H]2OC(C)(C)O[C@@H]2[C@H]1OC. The maximum atomic E-state index is 13.0. The maximum Gasteiger partial charge on any atom is 0.221 e. The molecule has 200 valence electrons. The lowest BCUT2D eigenvalue weighted by molar-refractivity contribution is -0.220. The van der Waals surface area contributed by atoms with Crippen LogP contribution in [0.4, 0.5) is 0 Å². The summed E-state index contributed by atoms with van der Waals surface area (Å²) in [6.45, 7) is 8.62. The Labute approximate surface area is 205 Å². The zero-order valence-corrected chi connectivity index (χ0v) is 21.3. The first kappa shape index (κ1) is 26.8. The molecule has 2 unspecified atom stereocenters. The van der Waals surface area contributed by atoms with Crippen LogP contribution in [0.25, 0.3) is 0 Å². The lowest BCUT2D eigenvalue weighted by Gasteiger charge is -2.31. The van der Waals surface area contributed by atoms with E-state index in [1.807, 2.05) is 0 Å². The molecule has 0 saturated carbocycles. The lowest BCUT2D eigenvalue weighted by atomic mass is 9.97. The first-order valence-electron chi connectivity index (χ1n) is 12.0. The van der Waals surface area contributed by atoms with Crippen LogP contribution in [0.5, 0.6) is 0 Å². The van der Waals surface area contributed by atoms with Gasteiger partial charge >= 0.3 is 0 Å². The third-order valence-electron chi connectivity index (χ3n) is 6.69. The Morgan fingerprint density at radius 2 is 1.34 bits per heavy atom. The zero-order chi connectivity index (χ0) is 25.7. The van der Waals surface area contributed by atoms with Crippen LogP contribution in [0.1, 0.15) is 47.5 Å². The van der Waals surface area contributed by atoms with Crippen molar-refractivity contribution in [1.82, 2.24) is 5.32 Å². The summed E-state index contributed by atoms with van der Waals surface area (Å²) in [6.07, 6.45) is -4.52. The van der Waals surface area contributed by atoms with E-state index in [9.17, 15) is 9.59 Å². The normalized spacial score (nSPS) is 40.8. The van der Waals surface area contributed by atoms with Crippen LogP contribution < -0.4 is 11.1 Å². The highest BCUT2D eigenvalue weighted by atomic mass is 16.9. The van der Waals surface area contributed by atoms with E-state index >= 15 is 0 Å². The monoisotopic (exact) mass is 502 g/mol. The molecular formula is C23H38N2O10. The van der Waals surface area contributed by atoms with Gasteiger partial charge in [0.15, 0.2) is 24.2 Å². The summed E-state index contributed by atoms with van der Waals surface area (Å²) in [5.41, 5.74) is 6.37. The molecule has 0 bridgehead atoms. The van der Waals surface area contributed by atoms with Crippen LogP contribution in [0.15, 0.2) is 0 Å². The van der Waals surface area contributed by atoms with Crippen molar-refractivity contribution in [1.29, 1.82) is 0 Å². The largest absolute Gasteiger partial charge is 0.376 e. The van der Waals surface area contributed by atoms with Gasteiger partial charge in [0.1, 0.15) is 42.4 Å². The van der Waals surface area contributed by atoms with Gasteiger partial charge in [0.05, 0.1) is 6.04 Å². The number of methoxy groups -OCH3 is 2. The summed E-state index contributed by atoms with van der Waals surface area (Å²) in [5.74, 6) is -2.08. The fourth-order valence-corrected chi connectivity index (χ4v) is 5.37. The minimum Gasteiger partial charge on any atom is -0.376 e. The quantitative estimate of drug-likeness (QED) is 0.437. The molecule has 3 N–H and O–H groups in total. The van der Waals surface area contributed by atoms with E-state index in [0.29, 0.717) is 0 Å². The highest BCUT2D eigenvalue weighted by Crippen LogP contribution is 2.41. The molecule has 4 saturated heterocycles. The molecule has 4 fully saturated rings. The van der Waals surface area contributed by atoms with Crippen molar-refractivity contribution in [2.24, 2.45) is 5.73 Å². The average molecular weight is 503 g/mol. The Kier molecular flexibility index (Phi) is 7.60. The third kappa shape index (κ3) is 5.55. The van der Waals surface area contributed by atoms with Crippen LogP contribution >= 0.6 is 0 Å². The van der Waals surface area contributed by atoms with Gasteiger partial charge in [-0.05, 0) is 34.6 Å². The number of amides is 1. The molecule has 4 aliphatic heterocycles. The fourth-order valence-electron chi connectivity index (χ4n) is 5.37. The fraction of sp³-hybridized carbons (Fsp3) is 0.913. The molecule has 35 heavy (non-hydrogen) atoms. The number of ketones is 1. The molecule has 0 radical (unpaired) electrons. The van der Waals surface area contributed by atoms with E-state index in [-0.39, 0.29) is 24.5 Å². The number of rotatable bonds is 9. The summed E-state index contributed by atoms with van der Waals surface area (Å²) >= 11 is 0. The Balaban J connectivity index is 1.39. The summed E-state index contributed by atoms with van der Waals surface area (Å²) in [7, 11) is 3.07. The van der Waals surface area contributed by atoms with Gasteiger partial charge < -0.3 is 48.9 Å². The zero-order valence-electron chi connectivity index (χ0n) is 21.3. The standard InChI is InChI=1S/C23H38N2O10/c1-10(26)8-12(15-17(29-7)19-21(31-15)35-23(4,5)33-19)25-13(27)9-11(24)14-16(28-6)18-20(30-14)34-22(2,3)32-18/h11-12,14-21H,8-9,24H2,1-7H3,(H,25,27)/t11?,12?,14-,15-,16+,17+,18-,19-,20-,21-/m1/s1. The molecule has 10 atom stereocenters. The van der Waals surface area contributed by atoms with E-state index in [1.165, 1.54) is 14.0 Å². The van der Waals surface area contributed by atoms with Gasteiger partial charge in [0.25, 0.3) is 0 Å². The van der Waals surface area contributed by atoms with Gasteiger partial charge in [-0.1, -0.05) is 0 Å². The number of ether oxygens (including phenoxy) is 8. The summed E-state index contributed by atoms with van der Waals surface area (Å²) < 4.78 is 46.6. The Hall–Kier alpha value is -1.22. The molecule has 1 amide bonds. The molecule has 12 heteroatoms. The number of fused-ring (bicyclic) bond motifs is 2. The Bertz CT molecular complexity index is 807. The maximum absolute atomic E-state index is 13.0. The van der Waals surface area contributed by atoms with Gasteiger partial charge in [0.2, 0.25) is 5.91 Å². The highest BCUT2D eigenvalue weighted by molar-refractivity contribution is 5.80. The van der Waals surface area contributed by atoms with Crippen LogP contribution in [-0.2, 0) is 47.5 Å². The number of nitrogens with two attached hydrogens (primary N) is 1. The van der Waals surface area contributed by atoms with E-state index in [2.05, 4.69) is 5.32 Å². The van der Waals surface area contributed by atoms with Crippen molar-refractivity contribution in [2.45, 2.75) is 120 Å². The first-order chi connectivity index (χ1) is 16.3. The number of nitrogens with one attached hydrogen (secondary N) is 1. The molecule has 0 aliphatic carbocycles. The number of Topliss-reactive ketones (excluding diaryl/α,β-unsaturated/α-hetero) is 1. The Morgan fingerprint density at radius 3 is 1.83 bits per heavy atom. The first-order valence-corrected chi connectivity index (χ1v) is 12.0. The third-order valence-corrected chi connectivity index (χ3v) is 6.69. The second kappa shape index (κ2) is 9.92. The number of carbonyl (C=O) groups is 2. The van der Waals surface area contributed by atoms with Crippen LogP contribution in [0, 0.1) is 0 Å². The summed E-state index contributed by atoms with van der Waals surface area (Å²) in [6, 6.07) is -1.36. The van der Waals surface area contributed by atoms with Gasteiger partial charge in [-0.3, -0.25) is 9.59 Å². The minimum absolute atomic E-state index is 0.0515. The second-order valence-electron chi connectivity index (χ2n) is 10.5. The van der Waals surface area contributed by atoms with Crippen molar-refractivity contribution >= 4 is 11.7 Å². The topological polar surface area (TPSA) is 146 Å². The molecule has 12 nitrogen and oxygen atoms in total. The van der Waals surface area contributed by atoms with E-state index in [1.54, 1.807) is 34.8 Å². The second-order valence-corrected chi connectivity index (χ2v) is 10.5. The smallest absolute Gasteiger partial charge is 0.221 e. The van der Waals surface area contributed by atoms with Crippen LogP contribution in [-0.4, -0.2) is 98.8 Å². The van der Waals surface area contributed by atoms with Gasteiger partial charge in [-0.25, -0.2) is 0 Å². The number of carbonyl (C=O) groups excluding carboxylic acids is 2. The predicted molar refractivity (Wildman–Crippen MR) is 119 cm³/mol. The van der Waals surface area contributed by atoms with Crippen molar-refractivity contribution in [3.63, 3.8) is 0 Å². The van der Waals surface area contributed by atoms with E-state index in [0.717, 1.165) is 0 Å². The molecular weight excluding hydrogens is 464 g/mol. The van der Waals surface area contributed by atoms with Crippen LogP contribution in [0.2, 0.25) is 0 Å². The molecule has 4 aliphatic rings. The van der Waals surface area contributed by atoms with Crippen molar-refractivity contribution in [2.75, 3.05) is 14.2 Å². The summed E-state index contributed by atoms with van der Waals surface area (Å²) in [4.78, 5) is 25.0. The highest BCUT2D eigenvalue weighted by Gasteiger charge is 2.58.